The molecule has 1 amide bonds. The average Bonchev–Trinajstić information content (AvgIpc) is 2.67. The van der Waals surface area contributed by atoms with Crippen molar-refractivity contribution in [1.82, 2.24) is 0 Å². The van der Waals surface area contributed by atoms with Crippen LogP contribution in [0, 0.1) is 22.7 Å². The molecule has 2 aromatic carbocycles. The summed E-state index contributed by atoms with van der Waals surface area (Å²) in [4.78, 5) is 12.4. The van der Waals surface area contributed by atoms with Gasteiger partial charge in [-0.25, -0.2) is 0 Å². The summed E-state index contributed by atoms with van der Waals surface area (Å²) in [5.41, 5.74) is 0.900. The predicted octanol–water partition coefficient (Wildman–Crippen LogP) is 4.19. The van der Waals surface area contributed by atoms with Gasteiger partial charge < -0.3 is 14.8 Å². The van der Waals surface area contributed by atoms with Gasteiger partial charge in [-0.05, 0) is 42.8 Å². The molecule has 0 bridgehead atoms. The minimum atomic E-state index is -0.576. The predicted molar refractivity (Wildman–Crippen MR) is 102 cm³/mol. The second kappa shape index (κ2) is 9.86. The summed E-state index contributed by atoms with van der Waals surface area (Å²) >= 11 is 6.02. The lowest BCUT2D eigenvalue weighted by molar-refractivity contribution is -0.112. The van der Waals surface area contributed by atoms with E-state index in [0.717, 1.165) is 0 Å². The van der Waals surface area contributed by atoms with E-state index >= 15 is 0 Å². The first kappa shape index (κ1) is 19.8. The first-order chi connectivity index (χ1) is 13.1. The number of nitriles is 2. The number of amides is 1. The molecule has 0 atom stereocenters. The molecule has 0 heterocycles. The van der Waals surface area contributed by atoms with Crippen LogP contribution in [0.4, 0.5) is 5.69 Å². The highest BCUT2D eigenvalue weighted by Gasteiger charge is 2.12. The molecule has 136 valence electrons. The van der Waals surface area contributed by atoms with Gasteiger partial charge in [0.1, 0.15) is 17.7 Å². The molecule has 0 spiro atoms. The van der Waals surface area contributed by atoms with E-state index in [9.17, 15) is 10.1 Å². The van der Waals surface area contributed by atoms with Gasteiger partial charge in [-0.15, -0.1) is 0 Å². The van der Waals surface area contributed by atoms with Gasteiger partial charge in [-0.2, -0.15) is 10.5 Å². The fourth-order valence-electron chi connectivity index (χ4n) is 2.18. The van der Waals surface area contributed by atoms with E-state index in [-0.39, 0.29) is 12.2 Å². The van der Waals surface area contributed by atoms with Gasteiger partial charge in [0.05, 0.1) is 17.3 Å². The Hall–Kier alpha value is -3.48. The first-order valence-corrected chi connectivity index (χ1v) is 8.41. The molecule has 0 aliphatic heterocycles. The highest BCUT2D eigenvalue weighted by Crippen LogP contribution is 2.29. The van der Waals surface area contributed by atoms with Crippen LogP contribution in [0.2, 0.25) is 5.02 Å². The molecule has 0 saturated carbocycles. The quantitative estimate of drug-likeness (QED) is 0.573. The zero-order chi connectivity index (χ0) is 19.6. The molecule has 0 fully saturated rings. The largest absolute Gasteiger partial charge is 0.490 e. The molecule has 2 aromatic rings. The Kier molecular flexibility index (Phi) is 7.25. The SMILES string of the molecule is CCOc1cc(/C=C(\C#N)C(=O)Nc2ccccc2Cl)ccc1OCC#N. The number of para-hydroxylation sites is 1. The molecular weight excluding hydrogens is 366 g/mol. The first-order valence-electron chi connectivity index (χ1n) is 8.03. The third-order valence-corrected chi connectivity index (χ3v) is 3.69. The number of carbonyl (C=O) groups is 1. The second-order valence-corrected chi connectivity index (χ2v) is 5.60. The van der Waals surface area contributed by atoms with Crippen molar-refractivity contribution < 1.29 is 14.3 Å². The van der Waals surface area contributed by atoms with Crippen molar-refractivity contribution in [2.75, 3.05) is 18.5 Å². The van der Waals surface area contributed by atoms with E-state index in [1.54, 1.807) is 42.5 Å². The lowest BCUT2D eigenvalue weighted by Gasteiger charge is -2.11. The average molecular weight is 382 g/mol. The van der Waals surface area contributed by atoms with Crippen LogP contribution in [0.15, 0.2) is 48.0 Å². The standard InChI is InChI=1S/C20H16ClN3O3/c1-2-26-19-12-14(7-8-18(19)27-10-9-22)11-15(13-23)20(25)24-17-6-4-3-5-16(17)21/h3-8,11-12H,2,10H2,1H3,(H,24,25)/b15-11+. The molecule has 0 unspecified atom stereocenters. The van der Waals surface area contributed by atoms with Crippen LogP contribution in [-0.4, -0.2) is 19.1 Å². The van der Waals surface area contributed by atoms with Crippen molar-refractivity contribution in [3.63, 3.8) is 0 Å². The number of benzene rings is 2. The monoisotopic (exact) mass is 381 g/mol. The van der Waals surface area contributed by atoms with Crippen LogP contribution in [0.25, 0.3) is 6.08 Å². The molecule has 2 rings (SSSR count). The van der Waals surface area contributed by atoms with E-state index < -0.39 is 5.91 Å². The molecule has 0 aliphatic rings. The molecule has 0 aliphatic carbocycles. The minimum Gasteiger partial charge on any atom is -0.490 e. The Labute approximate surface area is 162 Å². The van der Waals surface area contributed by atoms with Crippen molar-refractivity contribution in [1.29, 1.82) is 10.5 Å². The van der Waals surface area contributed by atoms with E-state index in [2.05, 4.69) is 5.32 Å². The molecule has 6 nitrogen and oxygen atoms in total. The second-order valence-electron chi connectivity index (χ2n) is 5.19. The summed E-state index contributed by atoms with van der Waals surface area (Å²) in [5.74, 6) is 0.258. The third-order valence-electron chi connectivity index (χ3n) is 3.36. The third kappa shape index (κ3) is 5.50. The van der Waals surface area contributed by atoms with Gasteiger partial charge in [0.15, 0.2) is 18.1 Å². The van der Waals surface area contributed by atoms with Crippen molar-refractivity contribution >= 4 is 29.3 Å². The van der Waals surface area contributed by atoms with Crippen LogP contribution < -0.4 is 14.8 Å². The van der Waals surface area contributed by atoms with Crippen LogP contribution >= 0.6 is 11.6 Å². The Morgan fingerprint density at radius 1 is 1.19 bits per heavy atom. The molecule has 1 N–H and O–H groups in total. The number of hydrogen-bond donors (Lipinski definition) is 1. The van der Waals surface area contributed by atoms with Gasteiger partial charge in [0, 0.05) is 0 Å². The normalized spacial score (nSPS) is 10.4. The number of anilines is 1. The number of rotatable bonds is 7. The van der Waals surface area contributed by atoms with E-state index in [4.69, 9.17) is 26.3 Å². The number of nitrogens with zero attached hydrogens (tertiary/aromatic N) is 2. The molecular formula is C20H16ClN3O3. The van der Waals surface area contributed by atoms with Crippen molar-refractivity contribution in [3.8, 4) is 23.6 Å². The van der Waals surface area contributed by atoms with Crippen LogP contribution in [-0.2, 0) is 4.79 Å². The van der Waals surface area contributed by atoms with Crippen molar-refractivity contribution in [2.24, 2.45) is 0 Å². The molecule has 0 saturated heterocycles. The number of hydrogen-bond acceptors (Lipinski definition) is 5. The van der Waals surface area contributed by atoms with Gasteiger partial charge in [0.2, 0.25) is 0 Å². The summed E-state index contributed by atoms with van der Waals surface area (Å²) in [7, 11) is 0. The molecule has 7 heteroatoms. The Balaban J connectivity index is 2.27. The highest BCUT2D eigenvalue weighted by atomic mass is 35.5. The molecule has 0 aromatic heterocycles. The van der Waals surface area contributed by atoms with E-state index in [1.165, 1.54) is 6.08 Å². The van der Waals surface area contributed by atoms with Crippen LogP contribution in [0.3, 0.4) is 0 Å². The smallest absolute Gasteiger partial charge is 0.266 e. The number of carbonyl (C=O) groups excluding carboxylic acids is 1. The minimum absolute atomic E-state index is 0.0944. The fourth-order valence-corrected chi connectivity index (χ4v) is 2.36. The van der Waals surface area contributed by atoms with Crippen LogP contribution in [0.5, 0.6) is 11.5 Å². The lowest BCUT2D eigenvalue weighted by atomic mass is 10.1. The highest BCUT2D eigenvalue weighted by molar-refractivity contribution is 6.34. The molecule has 0 radical (unpaired) electrons. The van der Waals surface area contributed by atoms with E-state index in [0.29, 0.717) is 34.4 Å². The topological polar surface area (TPSA) is 95.1 Å². The van der Waals surface area contributed by atoms with Gasteiger partial charge in [0.25, 0.3) is 5.91 Å². The fraction of sp³-hybridized carbons (Fsp3) is 0.150. The molecule has 27 heavy (non-hydrogen) atoms. The van der Waals surface area contributed by atoms with Gasteiger partial charge in [-0.1, -0.05) is 29.8 Å². The Bertz CT molecular complexity index is 942. The Morgan fingerprint density at radius 3 is 2.63 bits per heavy atom. The Morgan fingerprint density at radius 2 is 1.96 bits per heavy atom. The zero-order valence-corrected chi connectivity index (χ0v) is 15.3. The lowest BCUT2D eigenvalue weighted by Crippen LogP contribution is -2.13. The summed E-state index contributed by atoms with van der Waals surface area (Å²) in [6.07, 6.45) is 1.43. The van der Waals surface area contributed by atoms with Gasteiger partial charge in [-0.3, -0.25) is 4.79 Å². The van der Waals surface area contributed by atoms with Crippen molar-refractivity contribution in [2.45, 2.75) is 6.92 Å². The summed E-state index contributed by atoms with van der Waals surface area (Å²) in [6.45, 7) is 2.10. The summed E-state index contributed by atoms with van der Waals surface area (Å²) in [6, 6.07) is 15.4. The number of ether oxygens (including phenoxy) is 2. The number of nitrogens with one attached hydrogen (secondary N) is 1. The zero-order valence-electron chi connectivity index (χ0n) is 14.5. The maximum atomic E-state index is 12.4. The van der Waals surface area contributed by atoms with E-state index in [1.807, 2.05) is 19.1 Å². The summed E-state index contributed by atoms with van der Waals surface area (Å²) in [5, 5.41) is 21.0. The maximum Gasteiger partial charge on any atom is 0.266 e. The van der Waals surface area contributed by atoms with Crippen molar-refractivity contribution in [3.05, 3.63) is 58.6 Å². The van der Waals surface area contributed by atoms with Gasteiger partial charge >= 0.3 is 0 Å². The maximum absolute atomic E-state index is 12.4. The summed E-state index contributed by atoms with van der Waals surface area (Å²) < 4.78 is 10.8. The number of halogens is 1. The van der Waals surface area contributed by atoms with Crippen LogP contribution in [0.1, 0.15) is 12.5 Å².